The second-order valence-corrected chi connectivity index (χ2v) is 2.84. The number of hydrogen-bond donors (Lipinski definition) is 1. The molecule has 0 atom stereocenters. The summed E-state index contributed by atoms with van der Waals surface area (Å²) in [5, 5.41) is 3.18. The van der Waals surface area contributed by atoms with Gasteiger partial charge in [-0.25, -0.2) is 0 Å². The highest BCUT2D eigenvalue weighted by Crippen LogP contribution is 2.11. The van der Waals surface area contributed by atoms with E-state index in [1.54, 1.807) is 0 Å². The number of hydrogen-bond acceptors (Lipinski definition) is 1. The second-order valence-electron chi connectivity index (χ2n) is 2.84. The first-order chi connectivity index (χ1) is 6.27. The Bertz CT molecular complexity index is 295. The molecule has 0 spiro atoms. The summed E-state index contributed by atoms with van der Waals surface area (Å²) in [6.07, 6.45) is 1.83. The Balaban J connectivity index is 2.79. The average molecular weight is 173 g/mol. The van der Waals surface area contributed by atoms with Crippen molar-refractivity contribution in [2.75, 3.05) is 6.54 Å². The molecule has 0 aromatic heterocycles. The number of rotatable bonds is 4. The van der Waals surface area contributed by atoms with Gasteiger partial charge in [-0.1, -0.05) is 43.5 Å². The van der Waals surface area contributed by atoms with Crippen molar-refractivity contribution in [1.29, 1.82) is 0 Å². The molecule has 1 nitrogen and oxygen atoms in total. The predicted octanol–water partition coefficient (Wildman–Crippen LogP) is 2.91. The molecule has 0 aliphatic heterocycles. The van der Waals surface area contributed by atoms with Gasteiger partial charge in [0, 0.05) is 12.2 Å². The number of nitrogens with one attached hydrogen (secondary N) is 1. The first-order valence-electron chi connectivity index (χ1n) is 4.43. The fraction of sp³-hybridized carbons (Fsp3) is 0.167. The molecule has 0 saturated carbocycles. The molecule has 0 saturated heterocycles. The average Bonchev–Trinajstić information content (AvgIpc) is 2.18. The quantitative estimate of drug-likeness (QED) is 0.738. The van der Waals surface area contributed by atoms with Crippen LogP contribution in [-0.4, -0.2) is 6.54 Å². The summed E-state index contributed by atoms with van der Waals surface area (Å²) in [5.74, 6) is 0. The fourth-order valence-corrected chi connectivity index (χ4v) is 1.14. The first-order valence-corrected chi connectivity index (χ1v) is 4.43. The van der Waals surface area contributed by atoms with E-state index in [9.17, 15) is 0 Å². The van der Waals surface area contributed by atoms with Gasteiger partial charge in [0.2, 0.25) is 0 Å². The smallest absolute Gasteiger partial charge is 0.0340 e. The normalized spacial score (nSPS) is 9.31. The van der Waals surface area contributed by atoms with E-state index in [2.05, 4.69) is 25.4 Å². The summed E-state index contributed by atoms with van der Waals surface area (Å²) in [5.41, 5.74) is 3.23. The van der Waals surface area contributed by atoms with Crippen LogP contribution in [-0.2, 0) is 0 Å². The molecule has 1 aromatic rings. The summed E-state index contributed by atoms with van der Waals surface area (Å²) in [7, 11) is 0. The van der Waals surface area contributed by atoms with Crippen LogP contribution in [0, 0.1) is 0 Å². The van der Waals surface area contributed by atoms with E-state index in [1.807, 2.05) is 30.3 Å². The van der Waals surface area contributed by atoms with Gasteiger partial charge >= 0.3 is 0 Å². The van der Waals surface area contributed by atoms with E-state index in [1.165, 1.54) is 0 Å². The molecule has 0 aliphatic rings. The minimum Gasteiger partial charge on any atom is -0.385 e. The third-order valence-corrected chi connectivity index (χ3v) is 1.89. The van der Waals surface area contributed by atoms with Crippen LogP contribution in [0.3, 0.4) is 0 Å². The zero-order valence-corrected chi connectivity index (χ0v) is 8.01. The van der Waals surface area contributed by atoms with Crippen LogP contribution >= 0.6 is 0 Å². The van der Waals surface area contributed by atoms with E-state index in [0.29, 0.717) is 0 Å². The Morgan fingerprint density at radius 3 is 2.46 bits per heavy atom. The summed E-state index contributed by atoms with van der Waals surface area (Å²) in [6.45, 7) is 10.6. The van der Waals surface area contributed by atoms with Gasteiger partial charge in [-0.15, -0.1) is 0 Å². The lowest BCUT2D eigenvalue weighted by Crippen LogP contribution is -2.09. The minimum atomic E-state index is 0.905. The molecule has 13 heavy (non-hydrogen) atoms. The molecule has 0 unspecified atom stereocenters. The van der Waals surface area contributed by atoms with Gasteiger partial charge in [0.1, 0.15) is 0 Å². The molecule has 1 heteroatoms. The maximum Gasteiger partial charge on any atom is 0.0340 e. The van der Waals surface area contributed by atoms with Crippen LogP contribution in [0.4, 0.5) is 0 Å². The molecule has 0 heterocycles. The van der Waals surface area contributed by atoms with E-state index in [-0.39, 0.29) is 0 Å². The summed E-state index contributed by atoms with van der Waals surface area (Å²) < 4.78 is 0. The fourth-order valence-electron chi connectivity index (χ4n) is 1.14. The first kappa shape index (κ1) is 9.59. The third-order valence-electron chi connectivity index (χ3n) is 1.89. The predicted molar refractivity (Wildman–Crippen MR) is 59.2 cm³/mol. The van der Waals surface area contributed by atoms with Crippen molar-refractivity contribution in [3.05, 3.63) is 48.6 Å². The van der Waals surface area contributed by atoms with Crippen LogP contribution < -0.4 is 5.32 Å². The van der Waals surface area contributed by atoms with Crippen molar-refractivity contribution in [2.45, 2.75) is 6.92 Å². The Morgan fingerprint density at radius 1 is 1.38 bits per heavy atom. The summed E-state index contributed by atoms with van der Waals surface area (Å²) in [4.78, 5) is 0. The highest BCUT2D eigenvalue weighted by Gasteiger charge is 1.95. The number of benzene rings is 1. The lowest BCUT2D eigenvalue weighted by Gasteiger charge is -2.06. The van der Waals surface area contributed by atoms with Crippen LogP contribution in [0.5, 0.6) is 0 Å². The molecular formula is C12H15N. The van der Waals surface area contributed by atoms with Gasteiger partial charge in [-0.05, 0) is 18.1 Å². The highest BCUT2D eigenvalue weighted by molar-refractivity contribution is 5.63. The van der Waals surface area contributed by atoms with Crippen molar-refractivity contribution in [1.82, 2.24) is 5.32 Å². The van der Waals surface area contributed by atoms with Crippen LogP contribution in [0.1, 0.15) is 18.1 Å². The zero-order chi connectivity index (χ0) is 9.68. The molecule has 0 fully saturated rings. The van der Waals surface area contributed by atoms with Crippen molar-refractivity contribution in [2.24, 2.45) is 0 Å². The Kier molecular flexibility index (Phi) is 3.32. The molecular weight excluding hydrogens is 158 g/mol. The van der Waals surface area contributed by atoms with E-state index < -0.39 is 0 Å². The molecule has 1 N–H and O–H groups in total. The van der Waals surface area contributed by atoms with E-state index >= 15 is 0 Å². The van der Waals surface area contributed by atoms with Crippen molar-refractivity contribution in [3.8, 4) is 0 Å². The van der Waals surface area contributed by atoms with Gasteiger partial charge in [0.25, 0.3) is 0 Å². The molecule has 1 aromatic carbocycles. The Labute approximate surface area is 79.8 Å². The van der Waals surface area contributed by atoms with Gasteiger partial charge < -0.3 is 5.32 Å². The van der Waals surface area contributed by atoms with Crippen molar-refractivity contribution >= 4 is 11.8 Å². The Hall–Kier alpha value is -1.50. The zero-order valence-electron chi connectivity index (χ0n) is 8.01. The van der Waals surface area contributed by atoms with Gasteiger partial charge in [-0.3, -0.25) is 0 Å². The van der Waals surface area contributed by atoms with Crippen LogP contribution in [0.2, 0.25) is 0 Å². The molecule has 0 amide bonds. The van der Waals surface area contributed by atoms with E-state index in [0.717, 1.165) is 23.4 Å². The lowest BCUT2D eigenvalue weighted by atomic mass is 10.1. The van der Waals surface area contributed by atoms with Crippen LogP contribution in [0.25, 0.3) is 11.8 Å². The monoisotopic (exact) mass is 173 g/mol. The molecule has 0 radical (unpaired) electrons. The SMILES string of the molecule is C=Cc1ccc(C(=C)NCC)cc1. The minimum absolute atomic E-state index is 0.905. The molecule has 0 aliphatic carbocycles. The van der Waals surface area contributed by atoms with Gasteiger partial charge in [0.15, 0.2) is 0 Å². The van der Waals surface area contributed by atoms with Crippen LogP contribution in [0.15, 0.2) is 37.4 Å². The largest absolute Gasteiger partial charge is 0.385 e. The molecule has 0 bridgehead atoms. The van der Waals surface area contributed by atoms with Crippen molar-refractivity contribution in [3.63, 3.8) is 0 Å². The maximum absolute atomic E-state index is 3.93. The maximum atomic E-state index is 3.93. The molecule has 1 rings (SSSR count). The van der Waals surface area contributed by atoms with Gasteiger partial charge in [0.05, 0.1) is 0 Å². The third kappa shape index (κ3) is 2.48. The van der Waals surface area contributed by atoms with E-state index in [4.69, 9.17) is 0 Å². The summed E-state index contributed by atoms with van der Waals surface area (Å²) in [6, 6.07) is 8.15. The lowest BCUT2D eigenvalue weighted by molar-refractivity contribution is 0.942. The van der Waals surface area contributed by atoms with Crippen molar-refractivity contribution < 1.29 is 0 Å². The Morgan fingerprint density at radius 2 is 2.00 bits per heavy atom. The molecule has 68 valence electrons. The van der Waals surface area contributed by atoms with Gasteiger partial charge in [-0.2, -0.15) is 0 Å². The summed E-state index contributed by atoms with van der Waals surface area (Å²) >= 11 is 0. The topological polar surface area (TPSA) is 12.0 Å². The second kappa shape index (κ2) is 4.51. The highest BCUT2D eigenvalue weighted by atomic mass is 14.9. The standard InChI is InChI=1S/C12H15N/c1-4-11-6-8-12(9-7-11)10(3)13-5-2/h4,6-9,13H,1,3,5H2,2H3.